The second kappa shape index (κ2) is 8.30. The highest BCUT2D eigenvalue weighted by Gasteiger charge is 2.20. The number of hydrogen-bond acceptors (Lipinski definition) is 6. The van der Waals surface area contributed by atoms with Crippen LogP contribution in [-0.2, 0) is 4.79 Å². The minimum Gasteiger partial charge on any atom is -0.414 e. The van der Waals surface area contributed by atoms with E-state index in [0.717, 1.165) is 23.2 Å². The van der Waals surface area contributed by atoms with E-state index in [1.807, 2.05) is 39.0 Å². The van der Waals surface area contributed by atoms with Crippen molar-refractivity contribution in [2.24, 2.45) is 11.7 Å². The van der Waals surface area contributed by atoms with Crippen molar-refractivity contribution in [2.45, 2.75) is 45.4 Å². The Morgan fingerprint density at radius 3 is 2.83 bits per heavy atom. The van der Waals surface area contributed by atoms with Gasteiger partial charge in [-0.2, -0.15) is 0 Å². The Balaban J connectivity index is 1.90. The van der Waals surface area contributed by atoms with E-state index >= 15 is 0 Å². The van der Waals surface area contributed by atoms with Crippen molar-refractivity contribution in [3.05, 3.63) is 35.2 Å². The van der Waals surface area contributed by atoms with Crippen LogP contribution in [0.25, 0.3) is 0 Å². The summed E-state index contributed by atoms with van der Waals surface area (Å²) in [5.41, 5.74) is 9.02. The molecule has 1 aromatic heterocycles. The standard InChI is InChI=1S/C17H24N4O2S/c1-5-11(3)15(18)16-20-21-17(23-16)24-9-14(22)19-13-8-10(2)6-7-12(13)4/h6-8,11,15H,5,9,18H2,1-4H3,(H,19,22)/t11-,15-/m0/s1. The number of benzene rings is 1. The number of hydrogen-bond donors (Lipinski definition) is 2. The lowest BCUT2D eigenvalue weighted by Crippen LogP contribution is -2.18. The van der Waals surface area contributed by atoms with Crippen molar-refractivity contribution in [2.75, 3.05) is 11.1 Å². The van der Waals surface area contributed by atoms with Gasteiger partial charge in [0, 0.05) is 5.69 Å². The maximum absolute atomic E-state index is 12.1. The molecule has 0 unspecified atom stereocenters. The van der Waals surface area contributed by atoms with Gasteiger partial charge in [0.25, 0.3) is 5.22 Å². The van der Waals surface area contributed by atoms with Crippen LogP contribution < -0.4 is 11.1 Å². The number of nitrogens with one attached hydrogen (secondary N) is 1. The van der Waals surface area contributed by atoms with Gasteiger partial charge in [0.15, 0.2) is 0 Å². The molecule has 0 saturated heterocycles. The number of amides is 1. The van der Waals surface area contributed by atoms with E-state index in [-0.39, 0.29) is 23.6 Å². The molecule has 0 aliphatic rings. The van der Waals surface area contributed by atoms with Crippen LogP contribution in [0.3, 0.4) is 0 Å². The van der Waals surface area contributed by atoms with Gasteiger partial charge in [-0.15, -0.1) is 10.2 Å². The van der Waals surface area contributed by atoms with Crippen LogP contribution in [0.15, 0.2) is 27.8 Å². The lowest BCUT2D eigenvalue weighted by molar-refractivity contribution is -0.113. The molecule has 0 saturated carbocycles. The highest BCUT2D eigenvalue weighted by Crippen LogP contribution is 2.24. The lowest BCUT2D eigenvalue weighted by atomic mass is 10.0. The third-order valence-corrected chi connectivity index (χ3v) is 4.78. The van der Waals surface area contributed by atoms with Gasteiger partial charge in [0.1, 0.15) is 0 Å². The third kappa shape index (κ3) is 4.82. The van der Waals surface area contributed by atoms with Crippen molar-refractivity contribution in [1.82, 2.24) is 10.2 Å². The summed E-state index contributed by atoms with van der Waals surface area (Å²) in [6.07, 6.45) is 0.935. The zero-order valence-electron chi connectivity index (χ0n) is 14.5. The molecular weight excluding hydrogens is 324 g/mol. The van der Waals surface area contributed by atoms with E-state index in [0.29, 0.717) is 11.1 Å². The van der Waals surface area contributed by atoms with E-state index in [1.165, 1.54) is 11.8 Å². The van der Waals surface area contributed by atoms with E-state index in [1.54, 1.807) is 0 Å². The molecule has 3 N–H and O–H groups in total. The molecular formula is C17H24N4O2S. The Morgan fingerprint density at radius 1 is 1.38 bits per heavy atom. The zero-order valence-corrected chi connectivity index (χ0v) is 15.3. The van der Waals surface area contributed by atoms with Gasteiger partial charge in [-0.3, -0.25) is 4.79 Å². The number of rotatable bonds is 7. The van der Waals surface area contributed by atoms with Crippen molar-refractivity contribution in [3.8, 4) is 0 Å². The molecule has 0 aliphatic heterocycles. The van der Waals surface area contributed by atoms with Crippen LogP contribution in [-0.4, -0.2) is 21.9 Å². The Bertz CT molecular complexity index is 702. The molecule has 0 fully saturated rings. The summed E-state index contributed by atoms with van der Waals surface area (Å²) < 4.78 is 5.55. The first-order valence-electron chi connectivity index (χ1n) is 7.99. The number of thioether (sulfide) groups is 1. The molecule has 2 aromatic rings. The van der Waals surface area contributed by atoms with Crippen LogP contribution in [0.2, 0.25) is 0 Å². The fourth-order valence-corrected chi connectivity index (χ4v) is 2.66. The molecule has 1 aromatic carbocycles. The lowest BCUT2D eigenvalue weighted by Gasteiger charge is -2.13. The quantitative estimate of drug-likeness (QED) is 0.744. The molecule has 6 nitrogen and oxygen atoms in total. The van der Waals surface area contributed by atoms with Crippen LogP contribution >= 0.6 is 11.8 Å². The third-order valence-electron chi connectivity index (χ3n) is 3.96. The SMILES string of the molecule is CC[C@H](C)[C@H](N)c1nnc(SCC(=O)Nc2cc(C)ccc2C)o1. The number of nitrogens with zero attached hydrogens (tertiary/aromatic N) is 2. The second-order valence-corrected chi connectivity index (χ2v) is 6.90. The smallest absolute Gasteiger partial charge is 0.277 e. The largest absolute Gasteiger partial charge is 0.414 e. The first kappa shape index (κ1) is 18.5. The fraction of sp³-hybridized carbons (Fsp3) is 0.471. The number of nitrogens with two attached hydrogens (primary N) is 1. The summed E-state index contributed by atoms with van der Waals surface area (Å²) in [5, 5.41) is 11.2. The molecule has 2 rings (SSSR count). The summed E-state index contributed by atoms with van der Waals surface area (Å²) >= 11 is 1.21. The van der Waals surface area contributed by atoms with Crippen molar-refractivity contribution >= 4 is 23.4 Å². The van der Waals surface area contributed by atoms with Crippen molar-refractivity contribution in [1.29, 1.82) is 0 Å². The Hall–Kier alpha value is -1.86. The van der Waals surface area contributed by atoms with Crippen LogP contribution in [0.4, 0.5) is 5.69 Å². The van der Waals surface area contributed by atoms with E-state index in [2.05, 4.69) is 22.4 Å². The Morgan fingerprint density at radius 2 is 2.12 bits per heavy atom. The summed E-state index contributed by atoms with van der Waals surface area (Å²) in [5.74, 6) is 0.769. The highest BCUT2D eigenvalue weighted by atomic mass is 32.2. The molecule has 0 aliphatic carbocycles. The summed E-state index contributed by atoms with van der Waals surface area (Å²) in [7, 11) is 0. The van der Waals surface area contributed by atoms with Gasteiger partial charge in [0.2, 0.25) is 11.8 Å². The van der Waals surface area contributed by atoms with Crippen molar-refractivity contribution in [3.63, 3.8) is 0 Å². The number of carbonyl (C=O) groups excluding carboxylic acids is 1. The van der Waals surface area contributed by atoms with Gasteiger partial charge >= 0.3 is 0 Å². The number of carbonyl (C=O) groups is 1. The van der Waals surface area contributed by atoms with Gasteiger partial charge in [-0.25, -0.2) is 0 Å². The monoisotopic (exact) mass is 348 g/mol. The van der Waals surface area contributed by atoms with Crippen LogP contribution in [0.5, 0.6) is 0 Å². The Labute approximate surface area is 146 Å². The first-order valence-corrected chi connectivity index (χ1v) is 8.98. The maximum Gasteiger partial charge on any atom is 0.277 e. The average molecular weight is 348 g/mol. The molecule has 0 radical (unpaired) electrons. The summed E-state index contributed by atoms with van der Waals surface area (Å²) in [6, 6.07) is 5.67. The van der Waals surface area contributed by atoms with Gasteiger partial charge < -0.3 is 15.5 Å². The van der Waals surface area contributed by atoms with E-state index in [4.69, 9.17) is 10.2 Å². The molecule has 1 heterocycles. The average Bonchev–Trinajstić information content (AvgIpc) is 3.04. The highest BCUT2D eigenvalue weighted by molar-refractivity contribution is 7.99. The first-order chi connectivity index (χ1) is 11.4. The summed E-state index contributed by atoms with van der Waals surface area (Å²) in [4.78, 5) is 12.1. The molecule has 2 atom stereocenters. The van der Waals surface area contributed by atoms with E-state index < -0.39 is 0 Å². The fourth-order valence-electron chi connectivity index (χ4n) is 2.09. The predicted molar refractivity (Wildman–Crippen MR) is 96.0 cm³/mol. The Kier molecular flexibility index (Phi) is 6.39. The molecule has 130 valence electrons. The van der Waals surface area contributed by atoms with Gasteiger partial charge in [0.05, 0.1) is 11.8 Å². The van der Waals surface area contributed by atoms with Crippen molar-refractivity contribution < 1.29 is 9.21 Å². The topological polar surface area (TPSA) is 94.0 Å². The van der Waals surface area contributed by atoms with Gasteiger partial charge in [-0.1, -0.05) is 44.2 Å². The number of aromatic nitrogens is 2. The van der Waals surface area contributed by atoms with Crippen LogP contribution in [0.1, 0.15) is 43.3 Å². The molecule has 1 amide bonds. The van der Waals surface area contributed by atoms with E-state index in [9.17, 15) is 4.79 Å². The second-order valence-electron chi connectivity index (χ2n) is 5.97. The predicted octanol–water partition coefficient (Wildman–Crippen LogP) is 3.46. The number of aryl methyl sites for hydroxylation is 2. The number of anilines is 1. The summed E-state index contributed by atoms with van der Waals surface area (Å²) in [6.45, 7) is 8.06. The minimum absolute atomic E-state index is 0.111. The molecule has 7 heteroatoms. The van der Waals surface area contributed by atoms with Gasteiger partial charge in [-0.05, 0) is 37.0 Å². The zero-order chi connectivity index (χ0) is 17.7. The molecule has 24 heavy (non-hydrogen) atoms. The maximum atomic E-state index is 12.1. The minimum atomic E-state index is -0.277. The molecule has 0 spiro atoms. The molecule has 0 bridgehead atoms. The normalized spacial score (nSPS) is 13.5. The van der Waals surface area contributed by atoms with Crippen LogP contribution in [0, 0.1) is 19.8 Å².